The van der Waals surface area contributed by atoms with Crippen LogP contribution in [0, 0.1) is 0 Å². The Morgan fingerprint density at radius 1 is 1.32 bits per heavy atom. The zero-order chi connectivity index (χ0) is 23.0. The third-order valence-corrected chi connectivity index (χ3v) is 6.41. The van der Waals surface area contributed by atoms with Crippen LogP contribution in [0.1, 0.15) is 18.4 Å². The van der Waals surface area contributed by atoms with Crippen molar-refractivity contribution < 1.29 is 29.0 Å². The normalized spacial score (nSPS) is 15.8. The number of thioether (sulfide) groups is 2. The zero-order valence-electron chi connectivity index (χ0n) is 17.4. The monoisotopic (exact) mass is 484 g/mol. The van der Waals surface area contributed by atoms with Gasteiger partial charge >= 0.3 is 5.97 Å². The molecule has 11 heteroatoms. The van der Waals surface area contributed by atoms with Crippen LogP contribution in [0.3, 0.4) is 0 Å². The average Bonchev–Trinajstić information content (AvgIpc) is 3.01. The highest BCUT2D eigenvalue weighted by atomic mass is 32.2. The number of hydrogen-bond acceptors (Lipinski definition) is 8. The lowest BCUT2D eigenvalue weighted by Crippen LogP contribution is -2.42. The van der Waals surface area contributed by atoms with E-state index in [4.69, 9.17) is 21.7 Å². The molecule has 0 radical (unpaired) electrons. The molecule has 0 spiro atoms. The summed E-state index contributed by atoms with van der Waals surface area (Å²) in [4.78, 5) is 38.0. The number of benzene rings is 1. The molecule has 0 aliphatic carbocycles. The van der Waals surface area contributed by atoms with Gasteiger partial charge in [0.25, 0.3) is 5.91 Å². The second-order valence-electron chi connectivity index (χ2n) is 6.44. The number of nitrogens with one attached hydrogen (secondary N) is 1. The standard InChI is InChI=1S/C20H24N2O6S3/c1-27-14-5-4-12(10-15(14)28-2)11-16-18(24)22(20(29)31-16)8-6-17(23)21-13(19(25)26)7-9-30-3/h4-5,10-11,13H,6-9H2,1-3H3,(H,21,23)(H,25,26)/b16-11-. The number of carboxylic acids is 1. The summed E-state index contributed by atoms with van der Waals surface area (Å²) in [5.74, 6) is -0.0762. The summed E-state index contributed by atoms with van der Waals surface area (Å²) in [6, 6.07) is 4.34. The molecule has 31 heavy (non-hydrogen) atoms. The highest BCUT2D eigenvalue weighted by Crippen LogP contribution is 2.34. The molecule has 1 saturated heterocycles. The Balaban J connectivity index is 2.01. The lowest BCUT2D eigenvalue weighted by molar-refractivity contribution is -0.142. The van der Waals surface area contributed by atoms with Crippen LogP contribution in [0.4, 0.5) is 0 Å². The van der Waals surface area contributed by atoms with Crippen molar-refractivity contribution in [3.05, 3.63) is 28.7 Å². The summed E-state index contributed by atoms with van der Waals surface area (Å²) in [6.07, 6.45) is 3.85. The number of carboxylic acid groups (broad SMARTS) is 1. The SMILES string of the molecule is COc1ccc(/C=C2\SC(=S)N(CCC(=O)NC(CCSC)C(=O)O)C2=O)cc1OC. The molecular weight excluding hydrogens is 460 g/mol. The lowest BCUT2D eigenvalue weighted by Gasteiger charge is -2.17. The van der Waals surface area contributed by atoms with E-state index in [-0.39, 0.29) is 18.9 Å². The van der Waals surface area contributed by atoms with E-state index in [1.54, 1.807) is 31.4 Å². The molecule has 2 rings (SSSR count). The van der Waals surface area contributed by atoms with Crippen molar-refractivity contribution in [1.29, 1.82) is 0 Å². The van der Waals surface area contributed by atoms with Crippen molar-refractivity contribution in [1.82, 2.24) is 10.2 Å². The Morgan fingerprint density at radius 3 is 2.65 bits per heavy atom. The summed E-state index contributed by atoms with van der Waals surface area (Å²) in [7, 11) is 3.07. The van der Waals surface area contributed by atoms with Crippen LogP contribution < -0.4 is 14.8 Å². The number of amides is 2. The predicted octanol–water partition coefficient (Wildman–Crippen LogP) is 2.62. The molecule has 0 saturated carbocycles. The van der Waals surface area contributed by atoms with Gasteiger partial charge in [0.05, 0.1) is 19.1 Å². The molecule has 1 heterocycles. The van der Waals surface area contributed by atoms with Crippen LogP contribution in [-0.2, 0) is 14.4 Å². The fourth-order valence-electron chi connectivity index (χ4n) is 2.76. The van der Waals surface area contributed by atoms with Crippen LogP contribution in [0.25, 0.3) is 6.08 Å². The van der Waals surface area contributed by atoms with Crippen LogP contribution in [0.2, 0.25) is 0 Å². The van der Waals surface area contributed by atoms with Gasteiger partial charge in [-0.3, -0.25) is 14.5 Å². The van der Waals surface area contributed by atoms with Gasteiger partial charge in [-0.05, 0) is 42.2 Å². The fraction of sp³-hybridized carbons (Fsp3) is 0.400. The van der Waals surface area contributed by atoms with Crippen molar-refractivity contribution in [3.63, 3.8) is 0 Å². The Morgan fingerprint density at radius 2 is 2.03 bits per heavy atom. The van der Waals surface area contributed by atoms with E-state index < -0.39 is 17.9 Å². The van der Waals surface area contributed by atoms with Gasteiger partial charge in [-0.25, -0.2) is 4.79 Å². The molecule has 1 aliphatic rings. The first-order chi connectivity index (χ1) is 14.8. The number of ether oxygens (including phenoxy) is 2. The summed E-state index contributed by atoms with van der Waals surface area (Å²) in [6.45, 7) is 0.0780. The van der Waals surface area contributed by atoms with E-state index >= 15 is 0 Å². The van der Waals surface area contributed by atoms with Gasteiger partial charge in [0.1, 0.15) is 10.4 Å². The zero-order valence-corrected chi connectivity index (χ0v) is 19.8. The van der Waals surface area contributed by atoms with Crippen LogP contribution in [0.5, 0.6) is 11.5 Å². The Labute approximate surface area is 194 Å². The third kappa shape index (κ3) is 6.88. The molecule has 0 bridgehead atoms. The molecule has 1 atom stereocenters. The number of thiocarbonyl (C=S) groups is 1. The highest BCUT2D eigenvalue weighted by Gasteiger charge is 2.32. The topological polar surface area (TPSA) is 105 Å². The molecule has 1 fully saturated rings. The second-order valence-corrected chi connectivity index (χ2v) is 9.10. The first-order valence-electron chi connectivity index (χ1n) is 9.29. The molecule has 1 aromatic rings. The van der Waals surface area contributed by atoms with Crippen molar-refractivity contribution in [2.75, 3.05) is 32.8 Å². The lowest BCUT2D eigenvalue weighted by atomic mass is 10.2. The summed E-state index contributed by atoms with van der Waals surface area (Å²) in [5, 5.41) is 11.7. The van der Waals surface area contributed by atoms with Crippen LogP contribution in [0.15, 0.2) is 23.1 Å². The minimum atomic E-state index is -1.08. The van der Waals surface area contributed by atoms with Crippen molar-refractivity contribution in [2.24, 2.45) is 0 Å². The Kier molecular flexibility index (Phi) is 9.66. The van der Waals surface area contributed by atoms with Gasteiger partial charge in [0.15, 0.2) is 11.5 Å². The van der Waals surface area contributed by atoms with Crippen molar-refractivity contribution in [2.45, 2.75) is 18.9 Å². The smallest absolute Gasteiger partial charge is 0.326 e. The summed E-state index contributed by atoms with van der Waals surface area (Å²) < 4.78 is 10.8. The van der Waals surface area contributed by atoms with E-state index in [0.717, 1.165) is 17.3 Å². The maximum absolute atomic E-state index is 12.7. The van der Waals surface area contributed by atoms with Gasteiger partial charge in [-0.2, -0.15) is 11.8 Å². The minimum absolute atomic E-state index is 0.0425. The number of carbonyl (C=O) groups is 3. The van der Waals surface area contributed by atoms with E-state index in [1.165, 1.54) is 23.8 Å². The second kappa shape index (κ2) is 12.0. The first-order valence-corrected chi connectivity index (χ1v) is 11.9. The summed E-state index contributed by atoms with van der Waals surface area (Å²) >= 11 is 7.95. The van der Waals surface area contributed by atoms with Gasteiger partial charge in [0, 0.05) is 13.0 Å². The molecule has 2 N–H and O–H groups in total. The fourth-order valence-corrected chi connectivity index (χ4v) is 4.54. The molecule has 1 unspecified atom stereocenters. The van der Waals surface area contributed by atoms with Gasteiger partial charge in [-0.15, -0.1) is 0 Å². The van der Waals surface area contributed by atoms with Gasteiger partial charge in [0.2, 0.25) is 5.91 Å². The molecule has 0 aromatic heterocycles. The number of nitrogens with zero attached hydrogens (tertiary/aromatic N) is 1. The van der Waals surface area contributed by atoms with E-state index in [0.29, 0.717) is 32.9 Å². The number of hydrogen-bond donors (Lipinski definition) is 2. The maximum Gasteiger partial charge on any atom is 0.326 e. The van der Waals surface area contributed by atoms with Crippen LogP contribution in [-0.4, -0.2) is 70.9 Å². The quantitative estimate of drug-likeness (QED) is 0.362. The third-order valence-electron chi connectivity index (χ3n) is 4.39. The number of aliphatic carboxylic acids is 1. The first kappa shape index (κ1) is 25.0. The molecule has 1 aliphatic heterocycles. The number of rotatable bonds is 11. The van der Waals surface area contributed by atoms with Gasteiger partial charge < -0.3 is 19.9 Å². The van der Waals surface area contributed by atoms with Gasteiger partial charge in [-0.1, -0.05) is 30.0 Å². The van der Waals surface area contributed by atoms with E-state index in [9.17, 15) is 19.5 Å². The molecule has 8 nitrogen and oxygen atoms in total. The minimum Gasteiger partial charge on any atom is -0.493 e. The maximum atomic E-state index is 12.7. The average molecular weight is 485 g/mol. The highest BCUT2D eigenvalue weighted by molar-refractivity contribution is 8.26. The predicted molar refractivity (Wildman–Crippen MR) is 127 cm³/mol. The van der Waals surface area contributed by atoms with Crippen molar-refractivity contribution in [3.8, 4) is 11.5 Å². The molecule has 2 amide bonds. The molecular formula is C20H24N2O6S3. The van der Waals surface area contributed by atoms with Crippen LogP contribution >= 0.6 is 35.7 Å². The Bertz CT molecular complexity index is 890. The van der Waals surface area contributed by atoms with Crippen molar-refractivity contribution >= 4 is 63.9 Å². The van der Waals surface area contributed by atoms with E-state index in [1.807, 2.05) is 6.26 Å². The molecule has 1 aromatic carbocycles. The number of carbonyl (C=O) groups excluding carboxylic acids is 2. The van der Waals surface area contributed by atoms with E-state index in [2.05, 4.69) is 5.32 Å². The largest absolute Gasteiger partial charge is 0.493 e. The molecule has 168 valence electrons. The summed E-state index contributed by atoms with van der Waals surface area (Å²) in [5.41, 5.74) is 0.744. The Hall–Kier alpha value is -2.24. The number of methoxy groups -OCH3 is 2.